The lowest BCUT2D eigenvalue weighted by atomic mass is 9.88. The minimum Gasteiger partial charge on any atom is -0.383 e. The van der Waals surface area contributed by atoms with Crippen molar-refractivity contribution >= 4 is 5.82 Å². The number of nitrogens with zero attached hydrogens (tertiary/aromatic N) is 4. The number of pyridine rings is 1. The normalized spacial score (nSPS) is 22.6. The lowest BCUT2D eigenvalue weighted by molar-refractivity contribution is 0.137. The van der Waals surface area contributed by atoms with Crippen LogP contribution in [0, 0.1) is 6.92 Å². The van der Waals surface area contributed by atoms with Gasteiger partial charge >= 0.3 is 0 Å². The minimum absolute atomic E-state index is 0.501. The molecule has 0 amide bonds. The van der Waals surface area contributed by atoms with E-state index in [0.717, 1.165) is 37.3 Å². The smallest absolute Gasteiger partial charge is 0.131 e. The number of nitrogen functional groups attached to an aromatic ring is 1. The van der Waals surface area contributed by atoms with Gasteiger partial charge in [0.2, 0.25) is 0 Å². The van der Waals surface area contributed by atoms with Crippen LogP contribution in [0.25, 0.3) is 0 Å². The Morgan fingerprint density at radius 1 is 1.32 bits per heavy atom. The maximum atomic E-state index is 6.01. The Labute approximate surface area is 131 Å². The zero-order valence-electron chi connectivity index (χ0n) is 13.2. The molecule has 2 aromatic rings. The number of hydrogen-bond donors (Lipinski definition) is 1. The second-order valence-electron chi connectivity index (χ2n) is 6.12. The van der Waals surface area contributed by atoms with Gasteiger partial charge in [-0.2, -0.15) is 0 Å². The molecule has 2 N–H and O–H groups in total. The van der Waals surface area contributed by atoms with Gasteiger partial charge in [0.05, 0.1) is 0 Å². The highest BCUT2D eigenvalue weighted by Crippen LogP contribution is 2.31. The van der Waals surface area contributed by atoms with Crippen LogP contribution < -0.4 is 5.73 Å². The van der Waals surface area contributed by atoms with E-state index in [1.54, 1.807) is 0 Å². The molecule has 2 aromatic heterocycles. The van der Waals surface area contributed by atoms with Gasteiger partial charge in [-0.3, -0.25) is 9.88 Å². The molecule has 0 aliphatic carbocycles. The molecule has 2 atom stereocenters. The molecule has 5 heteroatoms. The van der Waals surface area contributed by atoms with Crippen molar-refractivity contribution in [3.05, 3.63) is 47.7 Å². The van der Waals surface area contributed by atoms with Crippen molar-refractivity contribution in [2.75, 3.05) is 12.3 Å². The van der Waals surface area contributed by atoms with Crippen LogP contribution in [0.15, 0.2) is 30.6 Å². The van der Waals surface area contributed by atoms with Crippen LogP contribution in [0.1, 0.15) is 42.8 Å². The number of aryl methyl sites for hydroxylation is 1. The number of piperidine rings is 1. The molecular weight excluding hydrogens is 274 g/mol. The third-order valence-electron chi connectivity index (χ3n) is 4.51. The van der Waals surface area contributed by atoms with Gasteiger partial charge in [0.1, 0.15) is 11.6 Å². The first kappa shape index (κ1) is 14.9. The molecule has 1 fully saturated rings. The quantitative estimate of drug-likeness (QED) is 0.943. The van der Waals surface area contributed by atoms with Crippen molar-refractivity contribution in [1.29, 1.82) is 0 Å². The molecule has 1 aliphatic rings. The Balaban J connectivity index is 1.66. The summed E-state index contributed by atoms with van der Waals surface area (Å²) in [4.78, 5) is 15.5. The largest absolute Gasteiger partial charge is 0.383 e. The summed E-state index contributed by atoms with van der Waals surface area (Å²) < 4.78 is 0. The fourth-order valence-corrected chi connectivity index (χ4v) is 3.19. The number of anilines is 1. The van der Waals surface area contributed by atoms with Crippen LogP contribution in [0.4, 0.5) is 5.82 Å². The summed E-state index contributed by atoms with van der Waals surface area (Å²) in [6.07, 6.45) is 6.00. The van der Waals surface area contributed by atoms with Crippen molar-refractivity contribution in [1.82, 2.24) is 19.9 Å². The molecule has 0 aromatic carbocycles. The van der Waals surface area contributed by atoms with Crippen molar-refractivity contribution < 1.29 is 0 Å². The van der Waals surface area contributed by atoms with Crippen molar-refractivity contribution in [2.24, 2.45) is 0 Å². The van der Waals surface area contributed by atoms with E-state index >= 15 is 0 Å². The molecule has 1 aliphatic heterocycles. The number of likely N-dealkylation sites (tertiary alicyclic amines) is 1. The van der Waals surface area contributed by atoms with Gasteiger partial charge < -0.3 is 5.73 Å². The molecule has 0 bridgehead atoms. The molecule has 22 heavy (non-hydrogen) atoms. The average molecular weight is 297 g/mol. The minimum atomic E-state index is 0.501. The molecule has 116 valence electrons. The fraction of sp³-hybridized carbons (Fsp3) is 0.471. The van der Waals surface area contributed by atoms with Gasteiger partial charge in [-0.1, -0.05) is 6.07 Å². The van der Waals surface area contributed by atoms with Gasteiger partial charge in [-0.05, 0) is 45.4 Å². The van der Waals surface area contributed by atoms with Crippen LogP contribution in [-0.2, 0) is 6.54 Å². The van der Waals surface area contributed by atoms with Crippen LogP contribution in [0.5, 0.6) is 0 Å². The van der Waals surface area contributed by atoms with E-state index < -0.39 is 0 Å². The third kappa shape index (κ3) is 3.25. The zero-order valence-corrected chi connectivity index (χ0v) is 13.2. The van der Waals surface area contributed by atoms with E-state index in [1.807, 2.05) is 25.4 Å². The maximum absolute atomic E-state index is 6.01. The van der Waals surface area contributed by atoms with Crippen LogP contribution in [0.2, 0.25) is 0 Å². The van der Waals surface area contributed by atoms with Gasteiger partial charge in [0.15, 0.2) is 0 Å². The van der Waals surface area contributed by atoms with Crippen LogP contribution >= 0.6 is 0 Å². The Hall–Kier alpha value is -2.01. The predicted molar refractivity (Wildman–Crippen MR) is 87.3 cm³/mol. The number of aromatic nitrogens is 3. The summed E-state index contributed by atoms with van der Waals surface area (Å²) >= 11 is 0. The Kier molecular flexibility index (Phi) is 4.34. The topological polar surface area (TPSA) is 67.9 Å². The molecule has 1 saturated heterocycles. The number of rotatable bonds is 3. The molecule has 3 heterocycles. The Bertz CT molecular complexity index is 628. The van der Waals surface area contributed by atoms with Crippen LogP contribution in [-0.4, -0.2) is 32.4 Å². The van der Waals surface area contributed by atoms with E-state index in [0.29, 0.717) is 17.8 Å². The van der Waals surface area contributed by atoms with Gasteiger partial charge in [0, 0.05) is 42.2 Å². The Morgan fingerprint density at radius 2 is 2.18 bits per heavy atom. The van der Waals surface area contributed by atoms with E-state index in [2.05, 4.69) is 38.9 Å². The van der Waals surface area contributed by atoms with Gasteiger partial charge in [-0.15, -0.1) is 0 Å². The summed E-state index contributed by atoms with van der Waals surface area (Å²) in [5, 5.41) is 0. The monoisotopic (exact) mass is 297 g/mol. The van der Waals surface area contributed by atoms with Crippen molar-refractivity contribution in [3.63, 3.8) is 0 Å². The second kappa shape index (κ2) is 6.40. The van der Waals surface area contributed by atoms with Gasteiger partial charge in [0.25, 0.3) is 0 Å². The van der Waals surface area contributed by atoms with Gasteiger partial charge in [-0.25, -0.2) is 9.97 Å². The number of hydrogen-bond acceptors (Lipinski definition) is 5. The maximum Gasteiger partial charge on any atom is 0.131 e. The molecular formula is C17H23N5. The van der Waals surface area contributed by atoms with E-state index in [4.69, 9.17) is 5.73 Å². The van der Waals surface area contributed by atoms with Crippen molar-refractivity contribution in [3.8, 4) is 0 Å². The van der Waals surface area contributed by atoms with E-state index in [9.17, 15) is 0 Å². The summed E-state index contributed by atoms with van der Waals surface area (Å²) in [5.74, 6) is 1.88. The first-order chi connectivity index (χ1) is 10.6. The summed E-state index contributed by atoms with van der Waals surface area (Å²) in [6, 6.07) is 6.69. The third-order valence-corrected chi connectivity index (χ3v) is 4.51. The highest BCUT2D eigenvalue weighted by molar-refractivity contribution is 5.37. The molecule has 0 saturated carbocycles. The summed E-state index contributed by atoms with van der Waals surface area (Å²) in [5.41, 5.74) is 8.25. The fourth-order valence-electron chi connectivity index (χ4n) is 3.19. The van der Waals surface area contributed by atoms with E-state index in [1.165, 1.54) is 5.69 Å². The van der Waals surface area contributed by atoms with Crippen LogP contribution in [0.3, 0.4) is 0 Å². The lowest BCUT2D eigenvalue weighted by Gasteiger charge is -2.37. The molecule has 5 nitrogen and oxygen atoms in total. The molecule has 0 radical (unpaired) electrons. The first-order valence-electron chi connectivity index (χ1n) is 7.86. The summed E-state index contributed by atoms with van der Waals surface area (Å²) in [6.45, 7) is 6.01. The van der Waals surface area contributed by atoms with E-state index in [-0.39, 0.29) is 0 Å². The summed E-state index contributed by atoms with van der Waals surface area (Å²) in [7, 11) is 0. The number of nitrogens with two attached hydrogens (primary N) is 1. The standard InChI is InChI=1S/C17H23N5/c1-12-9-14(16-5-3-4-7-19-16)6-8-22(12)11-15-10-20-13(2)21-17(15)18/h3-5,7,10,12,14H,6,8-9,11H2,1-2H3,(H2,18,20,21). The second-order valence-corrected chi connectivity index (χ2v) is 6.12. The lowest BCUT2D eigenvalue weighted by Crippen LogP contribution is -2.39. The van der Waals surface area contributed by atoms with Crippen molar-refractivity contribution in [2.45, 2.75) is 45.2 Å². The molecule has 2 unspecified atom stereocenters. The predicted octanol–water partition coefficient (Wildman–Crippen LogP) is 2.53. The molecule has 3 rings (SSSR count). The first-order valence-corrected chi connectivity index (χ1v) is 7.86. The SMILES string of the molecule is Cc1ncc(CN2CCC(c3ccccn3)CC2C)c(N)n1. The zero-order chi connectivity index (χ0) is 15.5. The molecule has 0 spiro atoms. The Morgan fingerprint density at radius 3 is 2.86 bits per heavy atom. The highest BCUT2D eigenvalue weighted by atomic mass is 15.2. The highest BCUT2D eigenvalue weighted by Gasteiger charge is 2.27. The average Bonchev–Trinajstić information content (AvgIpc) is 2.52.